The second-order valence-electron chi connectivity index (χ2n) is 24.2. The molecule has 0 aromatic heterocycles. The number of rotatable bonds is 22. The first-order valence-corrected chi connectivity index (χ1v) is 32.8. The smallest absolute Gasteiger partial charge is 0.00952 e. The maximum atomic E-state index is 3.10. The van der Waals surface area contributed by atoms with Gasteiger partial charge in [-0.3, -0.25) is 0 Å². The fourth-order valence-corrected chi connectivity index (χ4v) is 13.7. The molecule has 402 valence electrons. The van der Waals surface area contributed by atoms with Gasteiger partial charge in [-0.15, -0.1) is 0 Å². The van der Waals surface area contributed by atoms with Gasteiger partial charge in [-0.05, 0) is 155 Å². The molecule has 0 aliphatic carbocycles. The highest BCUT2D eigenvalue weighted by molar-refractivity contribution is 4.79. The first kappa shape index (κ1) is 60.4. The predicted molar refractivity (Wildman–Crippen MR) is 304 cm³/mol. The highest BCUT2D eigenvalue weighted by atomic mass is 15.2. The monoisotopic (exact) mass is 951 g/mol. The summed E-state index contributed by atoms with van der Waals surface area (Å²) in [6.45, 7) is 14.8. The highest BCUT2D eigenvalue weighted by Gasteiger charge is 2.23. The van der Waals surface area contributed by atoms with Crippen LogP contribution in [0.4, 0.5) is 0 Å². The van der Waals surface area contributed by atoms with E-state index in [1.807, 2.05) is 0 Å². The molecule has 0 aromatic carbocycles. The summed E-state index contributed by atoms with van der Waals surface area (Å²) in [4.78, 5) is 12.1. The molecule has 4 aliphatic heterocycles. The van der Waals surface area contributed by atoms with Crippen LogP contribution in [-0.4, -0.2) is 96.6 Å². The Morgan fingerprint density at radius 3 is 0.676 bits per heavy atom. The molecule has 68 heavy (non-hydrogen) atoms. The maximum absolute atomic E-state index is 3.10. The van der Waals surface area contributed by atoms with Gasteiger partial charge in [-0.2, -0.15) is 0 Å². The van der Waals surface area contributed by atoms with E-state index in [9.17, 15) is 0 Å². The van der Waals surface area contributed by atoms with Crippen LogP contribution >= 0.6 is 0 Å². The molecule has 0 spiro atoms. The normalized spacial score (nSPS) is 24.0. The van der Waals surface area contributed by atoms with Gasteiger partial charge in [0.1, 0.15) is 0 Å². The molecule has 4 saturated heterocycles. The number of hydrogen-bond acceptors (Lipinski definition) is 4. The molecule has 3 atom stereocenters. The third-order valence-corrected chi connectivity index (χ3v) is 18.2. The predicted octanol–water partition coefficient (Wildman–Crippen LogP) is 19.3. The van der Waals surface area contributed by atoms with Crippen molar-refractivity contribution >= 4 is 0 Å². The van der Waals surface area contributed by atoms with E-state index >= 15 is 0 Å². The first-order chi connectivity index (χ1) is 33.8. The zero-order valence-corrected chi connectivity index (χ0v) is 46.9. The molecule has 4 aliphatic rings. The Kier molecular flexibility index (Phi) is 39.4. The molecule has 0 amide bonds. The van der Waals surface area contributed by atoms with E-state index in [1.54, 1.807) is 0 Å². The zero-order chi connectivity index (χ0) is 47.5. The van der Waals surface area contributed by atoms with E-state index < -0.39 is 0 Å². The van der Waals surface area contributed by atoms with E-state index in [4.69, 9.17) is 0 Å². The Bertz CT molecular complexity index is 1000. The van der Waals surface area contributed by atoms with E-state index in [1.165, 1.54) is 386 Å². The van der Waals surface area contributed by atoms with Crippen LogP contribution in [0.1, 0.15) is 334 Å². The Hall–Kier alpha value is -0.160. The lowest BCUT2D eigenvalue weighted by atomic mass is 9.94. The van der Waals surface area contributed by atoms with Crippen LogP contribution in [0.25, 0.3) is 0 Å². The third-order valence-electron chi connectivity index (χ3n) is 18.2. The van der Waals surface area contributed by atoms with Gasteiger partial charge in [0.05, 0.1) is 0 Å². The van der Waals surface area contributed by atoms with Crippen LogP contribution in [0.3, 0.4) is 0 Å². The van der Waals surface area contributed by atoms with Crippen molar-refractivity contribution in [1.29, 1.82) is 0 Å². The lowest BCUT2D eigenvalue weighted by Gasteiger charge is -2.35. The average molecular weight is 952 g/mol. The SMILES string of the molecule is CCCCC(CCCCC(CCCCC(CCCCCN1CCCCCCCCCCC1)N1CCCCCCCCCCC1)N1CCCCCCCCCCC1)N1CCCCCCCCCCC1. The van der Waals surface area contributed by atoms with E-state index in [0.717, 1.165) is 18.1 Å². The van der Waals surface area contributed by atoms with E-state index in [-0.39, 0.29) is 0 Å². The summed E-state index contributed by atoms with van der Waals surface area (Å²) < 4.78 is 0. The van der Waals surface area contributed by atoms with Crippen LogP contribution in [-0.2, 0) is 0 Å². The van der Waals surface area contributed by atoms with Crippen molar-refractivity contribution < 1.29 is 0 Å². The van der Waals surface area contributed by atoms with Crippen LogP contribution in [0.5, 0.6) is 0 Å². The second-order valence-corrected chi connectivity index (χ2v) is 24.2. The van der Waals surface area contributed by atoms with Crippen molar-refractivity contribution in [2.45, 2.75) is 353 Å². The van der Waals surface area contributed by atoms with Gasteiger partial charge < -0.3 is 19.6 Å². The summed E-state index contributed by atoms with van der Waals surface area (Å²) in [5.74, 6) is 0. The molecule has 0 radical (unpaired) electrons. The summed E-state index contributed by atoms with van der Waals surface area (Å²) in [5.41, 5.74) is 0. The molecule has 3 unspecified atom stereocenters. The van der Waals surface area contributed by atoms with Crippen molar-refractivity contribution in [3.05, 3.63) is 0 Å². The molecule has 4 heteroatoms. The zero-order valence-electron chi connectivity index (χ0n) is 46.9. The Morgan fingerprint density at radius 2 is 0.426 bits per heavy atom. The Balaban J connectivity index is 1.36. The molecule has 4 heterocycles. The topological polar surface area (TPSA) is 13.0 Å². The minimum absolute atomic E-state index is 0.819. The Morgan fingerprint density at radius 1 is 0.221 bits per heavy atom. The number of unbranched alkanes of at least 4 members (excludes halogenated alkanes) is 5. The van der Waals surface area contributed by atoms with Crippen LogP contribution < -0.4 is 0 Å². The minimum atomic E-state index is 0.819. The van der Waals surface area contributed by atoms with Crippen molar-refractivity contribution in [1.82, 2.24) is 19.6 Å². The largest absolute Gasteiger partial charge is 0.303 e. The molecule has 0 bridgehead atoms. The first-order valence-electron chi connectivity index (χ1n) is 32.8. The van der Waals surface area contributed by atoms with Crippen molar-refractivity contribution in [2.24, 2.45) is 0 Å². The summed E-state index contributed by atoms with van der Waals surface area (Å²) in [6, 6.07) is 2.48. The van der Waals surface area contributed by atoms with Crippen molar-refractivity contribution in [3.8, 4) is 0 Å². The average Bonchev–Trinajstić information content (AvgIpc) is 3.33. The minimum Gasteiger partial charge on any atom is -0.303 e. The Labute approximate surface area is 429 Å². The standard InChI is InChI=1S/C64H126N4/c1-2-3-47-62(66-56-41-26-18-10-5-11-19-27-42-57-66)49-34-35-51-64(68-60-45-30-22-14-7-15-23-31-46-61-68)52-37-36-50-63(67-58-43-28-20-12-6-13-21-29-44-59-67)48-33-32-40-55-65-53-38-24-16-8-4-9-17-25-39-54-65/h62-64H,2-61H2,1H3. The van der Waals surface area contributed by atoms with Crippen molar-refractivity contribution in [2.75, 3.05) is 58.9 Å². The number of hydrogen-bond donors (Lipinski definition) is 0. The fraction of sp³-hybridized carbons (Fsp3) is 1.00. The van der Waals surface area contributed by atoms with Gasteiger partial charge in [0, 0.05) is 18.1 Å². The van der Waals surface area contributed by atoms with Gasteiger partial charge in [0.25, 0.3) is 0 Å². The van der Waals surface area contributed by atoms with Crippen molar-refractivity contribution in [3.63, 3.8) is 0 Å². The lowest BCUT2D eigenvalue weighted by molar-refractivity contribution is 0.146. The highest BCUT2D eigenvalue weighted by Crippen LogP contribution is 2.27. The van der Waals surface area contributed by atoms with Crippen LogP contribution in [0.2, 0.25) is 0 Å². The third kappa shape index (κ3) is 31.4. The lowest BCUT2D eigenvalue weighted by Crippen LogP contribution is -2.38. The van der Waals surface area contributed by atoms with E-state index in [0.29, 0.717) is 0 Å². The summed E-state index contributed by atoms with van der Waals surface area (Å²) in [7, 11) is 0. The maximum Gasteiger partial charge on any atom is 0.00952 e. The van der Waals surface area contributed by atoms with Gasteiger partial charge in [-0.1, -0.05) is 238 Å². The van der Waals surface area contributed by atoms with Gasteiger partial charge in [-0.25, -0.2) is 0 Å². The molecule has 0 saturated carbocycles. The molecular weight excluding hydrogens is 825 g/mol. The summed E-state index contributed by atoms with van der Waals surface area (Å²) in [5, 5.41) is 0. The second kappa shape index (κ2) is 44.3. The summed E-state index contributed by atoms with van der Waals surface area (Å²) >= 11 is 0. The van der Waals surface area contributed by atoms with Crippen LogP contribution in [0, 0.1) is 0 Å². The quantitative estimate of drug-likeness (QED) is 0.100. The molecule has 0 N–H and O–H groups in total. The van der Waals surface area contributed by atoms with Gasteiger partial charge >= 0.3 is 0 Å². The fourth-order valence-electron chi connectivity index (χ4n) is 13.7. The number of nitrogens with zero attached hydrogens (tertiary/aromatic N) is 4. The molecule has 0 aromatic rings. The van der Waals surface area contributed by atoms with Gasteiger partial charge in [0.2, 0.25) is 0 Å². The molecular formula is C64H126N4. The summed E-state index contributed by atoms with van der Waals surface area (Å²) in [6.07, 6.45) is 74.6. The van der Waals surface area contributed by atoms with E-state index in [2.05, 4.69) is 26.5 Å². The molecule has 4 fully saturated rings. The molecule has 4 rings (SSSR count). The molecule has 4 nitrogen and oxygen atoms in total. The van der Waals surface area contributed by atoms with Gasteiger partial charge in [0.15, 0.2) is 0 Å². The van der Waals surface area contributed by atoms with Crippen LogP contribution in [0.15, 0.2) is 0 Å².